The zero-order chi connectivity index (χ0) is 38.2. The largest absolute Gasteiger partial charge is 0.355 e. The highest BCUT2D eigenvalue weighted by Crippen LogP contribution is 2.53. The summed E-state index contributed by atoms with van der Waals surface area (Å²) in [7, 11) is 1.64. The Morgan fingerprint density at radius 1 is 0.909 bits per heavy atom. The SMILES string of the molecule is CNC(=O)c1cc(Nc2nc(-c3ccc4c(c3)N([C@H]3C[C@@H](N5CCCCC5)C3)C(=O)C43CCN(C(=O)C4(C)CC4)CC3)cc3ncn(C(C)C)c23)ccc1C. The number of carbonyl (C=O) groups is 3. The predicted octanol–water partition coefficient (Wildman–Crippen LogP) is 7.11. The highest BCUT2D eigenvalue weighted by molar-refractivity contribution is 6.09. The molecule has 11 nitrogen and oxygen atoms in total. The van der Waals surface area contributed by atoms with Crippen molar-refractivity contribution in [2.45, 2.75) is 109 Å². The predicted molar refractivity (Wildman–Crippen MR) is 216 cm³/mol. The molecule has 11 heteroatoms. The van der Waals surface area contributed by atoms with Gasteiger partial charge in [-0.3, -0.25) is 14.4 Å². The molecule has 1 spiro atoms. The second-order valence-corrected chi connectivity index (χ2v) is 17.4. The molecule has 2 aliphatic carbocycles. The van der Waals surface area contributed by atoms with Gasteiger partial charge in [-0.2, -0.15) is 0 Å². The Balaban J connectivity index is 1.09. The van der Waals surface area contributed by atoms with Gasteiger partial charge in [-0.05, 0) is 121 Å². The first-order valence-corrected chi connectivity index (χ1v) is 20.5. The van der Waals surface area contributed by atoms with Gasteiger partial charge in [0.1, 0.15) is 5.52 Å². The average molecular weight is 743 g/mol. The number of aromatic nitrogens is 3. The molecule has 288 valence electrons. The minimum Gasteiger partial charge on any atom is -0.355 e. The lowest BCUT2D eigenvalue weighted by atomic mass is 9.73. The van der Waals surface area contributed by atoms with Crippen molar-refractivity contribution in [3.8, 4) is 11.3 Å². The average Bonchev–Trinajstić information content (AvgIpc) is 3.71. The highest BCUT2D eigenvalue weighted by Gasteiger charge is 2.57. The lowest BCUT2D eigenvalue weighted by molar-refractivity contribution is -0.140. The van der Waals surface area contributed by atoms with Crippen molar-refractivity contribution in [3.63, 3.8) is 0 Å². The number of hydrogen-bond donors (Lipinski definition) is 2. The second kappa shape index (κ2) is 13.5. The van der Waals surface area contributed by atoms with Gasteiger partial charge in [0.2, 0.25) is 11.8 Å². The van der Waals surface area contributed by atoms with Crippen LogP contribution in [-0.4, -0.2) is 87.4 Å². The van der Waals surface area contributed by atoms with Crippen LogP contribution >= 0.6 is 0 Å². The molecule has 2 N–H and O–H groups in total. The molecule has 2 aromatic carbocycles. The topological polar surface area (TPSA) is 116 Å². The first-order chi connectivity index (χ1) is 26.5. The summed E-state index contributed by atoms with van der Waals surface area (Å²) in [4.78, 5) is 57.9. The summed E-state index contributed by atoms with van der Waals surface area (Å²) < 4.78 is 2.12. The third-order valence-corrected chi connectivity index (χ3v) is 13.6. The minimum absolute atomic E-state index is 0.140. The number of amides is 3. The zero-order valence-electron chi connectivity index (χ0n) is 33.0. The molecular weight excluding hydrogens is 689 g/mol. The van der Waals surface area contributed by atoms with Crippen LogP contribution < -0.4 is 15.5 Å². The van der Waals surface area contributed by atoms with Crippen molar-refractivity contribution in [2.75, 3.05) is 43.4 Å². The van der Waals surface area contributed by atoms with E-state index in [2.05, 4.69) is 64.0 Å². The molecule has 9 rings (SSSR count). The van der Waals surface area contributed by atoms with E-state index in [1.807, 2.05) is 42.4 Å². The molecule has 5 heterocycles. The van der Waals surface area contributed by atoms with E-state index in [4.69, 9.17) is 9.97 Å². The molecule has 3 amide bonds. The van der Waals surface area contributed by atoms with E-state index < -0.39 is 5.41 Å². The van der Waals surface area contributed by atoms with E-state index in [1.54, 1.807) is 7.05 Å². The van der Waals surface area contributed by atoms with E-state index in [0.29, 0.717) is 43.4 Å². The standard InChI is InChI=1S/C44H54N8O3/c1-27(2)51-26-46-36-25-35(48-39(38(36)51)47-30-11-9-28(3)33(22-30)40(53)45-5)29-10-12-34-37(21-29)52(32-23-31(24-32)49-17-7-6-8-18-49)42(55)44(34)15-19-50(20-16-44)41(54)43(4)13-14-43/h9-12,21-22,25-27,31-32H,6-8,13-20,23-24H2,1-5H3,(H,45,53)(H,47,48)/t31-,32+. The Morgan fingerprint density at radius 2 is 1.65 bits per heavy atom. The van der Waals surface area contributed by atoms with Crippen LogP contribution in [0.4, 0.5) is 17.2 Å². The van der Waals surface area contributed by atoms with Crippen molar-refractivity contribution in [1.82, 2.24) is 29.7 Å². The monoisotopic (exact) mass is 742 g/mol. The fourth-order valence-electron chi connectivity index (χ4n) is 9.72. The number of fused-ring (bicyclic) bond motifs is 3. The lowest BCUT2D eigenvalue weighted by Gasteiger charge is -2.48. The van der Waals surface area contributed by atoms with E-state index in [-0.39, 0.29) is 35.2 Å². The van der Waals surface area contributed by atoms with Gasteiger partial charge in [0.25, 0.3) is 5.91 Å². The summed E-state index contributed by atoms with van der Waals surface area (Å²) >= 11 is 0. The number of rotatable bonds is 8. The van der Waals surface area contributed by atoms with Crippen molar-refractivity contribution < 1.29 is 14.4 Å². The molecule has 4 fully saturated rings. The third-order valence-electron chi connectivity index (χ3n) is 13.6. The second-order valence-electron chi connectivity index (χ2n) is 17.4. The van der Waals surface area contributed by atoms with E-state index >= 15 is 0 Å². The molecule has 55 heavy (non-hydrogen) atoms. The van der Waals surface area contributed by atoms with Gasteiger partial charge >= 0.3 is 0 Å². The molecule has 0 radical (unpaired) electrons. The van der Waals surface area contributed by atoms with Crippen LogP contribution in [0.2, 0.25) is 0 Å². The van der Waals surface area contributed by atoms with Crippen molar-refractivity contribution in [3.05, 3.63) is 65.5 Å². The summed E-state index contributed by atoms with van der Waals surface area (Å²) in [6, 6.07) is 15.1. The maximum absolute atomic E-state index is 15.0. The number of hydrogen-bond acceptors (Lipinski definition) is 7. The van der Waals surface area contributed by atoms with Gasteiger partial charge in [-0.15, -0.1) is 0 Å². The van der Waals surface area contributed by atoms with Crippen LogP contribution in [0.5, 0.6) is 0 Å². The van der Waals surface area contributed by atoms with Gasteiger partial charge in [-0.25, -0.2) is 9.97 Å². The van der Waals surface area contributed by atoms with Crippen LogP contribution in [0.1, 0.15) is 106 Å². The van der Waals surface area contributed by atoms with Crippen LogP contribution in [0.25, 0.3) is 22.3 Å². The number of carbonyl (C=O) groups excluding carboxylic acids is 3. The molecule has 0 atom stereocenters. The normalized spacial score (nSPS) is 22.9. The van der Waals surface area contributed by atoms with E-state index in [0.717, 1.165) is 83.6 Å². The number of piperidine rings is 2. The summed E-state index contributed by atoms with van der Waals surface area (Å²) in [5.74, 6) is 0.975. The maximum Gasteiger partial charge on any atom is 0.251 e. The summed E-state index contributed by atoms with van der Waals surface area (Å²) in [5.41, 5.74) is 6.89. The van der Waals surface area contributed by atoms with Crippen LogP contribution in [0.15, 0.2) is 48.8 Å². The molecule has 0 bridgehead atoms. The highest BCUT2D eigenvalue weighted by atomic mass is 16.2. The number of benzene rings is 2. The molecular formula is C44H54N8O3. The molecule has 2 saturated carbocycles. The summed E-state index contributed by atoms with van der Waals surface area (Å²) in [5, 5.41) is 6.30. The number of nitrogens with zero attached hydrogens (tertiary/aromatic N) is 6. The molecule has 2 saturated heterocycles. The van der Waals surface area contributed by atoms with Gasteiger partial charge in [0.05, 0.1) is 23.0 Å². The lowest BCUT2D eigenvalue weighted by Crippen LogP contribution is -2.58. The Morgan fingerprint density at radius 3 is 2.35 bits per heavy atom. The first kappa shape index (κ1) is 35.9. The summed E-state index contributed by atoms with van der Waals surface area (Å²) in [6.45, 7) is 11.8. The number of nitrogens with one attached hydrogen (secondary N) is 2. The fourth-order valence-corrected chi connectivity index (χ4v) is 9.72. The Labute approximate surface area is 323 Å². The number of aryl methyl sites for hydroxylation is 1. The Kier molecular flexibility index (Phi) is 8.79. The Hall–Kier alpha value is -4.77. The van der Waals surface area contributed by atoms with E-state index in [9.17, 15) is 14.4 Å². The quantitative estimate of drug-likeness (QED) is 0.198. The van der Waals surface area contributed by atoms with Crippen LogP contribution in [0.3, 0.4) is 0 Å². The minimum atomic E-state index is -0.626. The molecule has 2 aromatic heterocycles. The Bertz CT molecular complexity index is 2180. The fraction of sp³-hybridized carbons (Fsp3) is 0.523. The molecule has 3 aliphatic heterocycles. The number of pyridine rings is 1. The molecule has 4 aromatic rings. The van der Waals surface area contributed by atoms with E-state index in [1.165, 1.54) is 19.3 Å². The van der Waals surface area contributed by atoms with Crippen molar-refractivity contribution in [1.29, 1.82) is 0 Å². The van der Waals surface area contributed by atoms with Gasteiger partial charge in [0, 0.05) is 66.2 Å². The molecule has 0 unspecified atom stereocenters. The van der Waals surface area contributed by atoms with Crippen molar-refractivity contribution >= 4 is 45.9 Å². The summed E-state index contributed by atoms with van der Waals surface area (Å²) in [6.07, 6.45) is 10.9. The van der Waals surface area contributed by atoms with Crippen LogP contribution in [0, 0.1) is 12.3 Å². The van der Waals surface area contributed by atoms with Gasteiger partial charge in [-0.1, -0.05) is 31.5 Å². The zero-order valence-corrected chi connectivity index (χ0v) is 33.0. The van der Waals surface area contributed by atoms with Crippen LogP contribution in [-0.2, 0) is 15.0 Å². The maximum atomic E-state index is 15.0. The third kappa shape index (κ3) is 6.01. The van der Waals surface area contributed by atoms with Gasteiger partial charge in [0.15, 0.2) is 5.82 Å². The number of likely N-dealkylation sites (tertiary alicyclic amines) is 2. The first-order valence-electron chi connectivity index (χ1n) is 20.5. The molecule has 5 aliphatic rings. The van der Waals surface area contributed by atoms with Crippen molar-refractivity contribution in [2.24, 2.45) is 5.41 Å². The smallest absolute Gasteiger partial charge is 0.251 e. The number of anilines is 3. The number of imidazole rings is 1. The van der Waals surface area contributed by atoms with Gasteiger partial charge < -0.3 is 29.9 Å².